The number of phenols is 1. The third-order valence-corrected chi connectivity index (χ3v) is 3.07. The van der Waals surface area contributed by atoms with Gasteiger partial charge in [-0.2, -0.15) is 0 Å². The smallest absolute Gasteiger partial charge is 0.348 e. The average Bonchev–Trinajstić information content (AvgIpc) is 2.41. The topological polar surface area (TPSA) is 66.8 Å². The minimum Gasteiger partial charge on any atom is -0.508 e. The highest BCUT2D eigenvalue weighted by atomic mass is 19.1. The van der Waals surface area contributed by atoms with E-state index < -0.39 is 17.4 Å². The van der Waals surface area contributed by atoms with Crippen molar-refractivity contribution in [2.24, 2.45) is 0 Å². The zero-order valence-electron chi connectivity index (χ0n) is 11.4. The molecule has 0 aliphatic rings. The van der Waals surface area contributed by atoms with E-state index in [-0.39, 0.29) is 17.9 Å². The van der Waals surface area contributed by atoms with Crippen LogP contribution in [0.1, 0.15) is 12.5 Å². The van der Waals surface area contributed by atoms with Crippen molar-refractivity contribution in [2.75, 3.05) is 0 Å². The number of aromatic hydroxyl groups is 1. The molecule has 0 aliphatic heterocycles. The predicted octanol–water partition coefficient (Wildman–Crippen LogP) is 3.00. The maximum atomic E-state index is 13.2. The number of halogens is 1. The van der Waals surface area contributed by atoms with Crippen LogP contribution in [0.3, 0.4) is 0 Å². The van der Waals surface area contributed by atoms with Crippen molar-refractivity contribution in [3.63, 3.8) is 0 Å². The van der Waals surface area contributed by atoms with Gasteiger partial charge in [0.15, 0.2) is 0 Å². The molecule has 4 nitrogen and oxygen atoms in total. The van der Waals surface area contributed by atoms with Gasteiger partial charge in [0.2, 0.25) is 5.60 Å². The number of carbonyl (C=O) groups is 1. The largest absolute Gasteiger partial charge is 0.508 e. The molecule has 110 valence electrons. The number of hydrogen-bond donors (Lipinski definition) is 2. The van der Waals surface area contributed by atoms with Crippen LogP contribution in [0.25, 0.3) is 0 Å². The van der Waals surface area contributed by atoms with Crippen LogP contribution < -0.4 is 4.74 Å². The van der Waals surface area contributed by atoms with E-state index in [1.165, 1.54) is 37.3 Å². The van der Waals surface area contributed by atoms with Crippen molar-refractivity contribution >= 4 is 5.97 Å². The van der Waals surface area contributed by atoms with Gasteiger partial charge in [0.1, 0.15) is 17.3 Å². The number of carboxylic acids is 1. The van der Waals surface area contributed by atoms with Crippen LogP contribution in [0.4, 0.5) is 4.39 Å². The molecule has 0 saturated carbocycles. The maximum Gasteiger partial charge on any atom is 0.348 e. The SMILES string of the molecule is CC(Cc1ccc(O)cc1)(Oc1cccc(F)c1)C(=O)O. The summed E-state index contributed by atoms with van der Waals surface area (Å²) in [5.41, 5.74) is -0.848. The standard InChI is InChI=1S/C16H15FO4/c1-16(15(19)20,10-11-5-7-13(18)8-6-11)21-14-4-2-3-12(17)9-14/h2-9,18H,10H2,1H3,(H,19,20). The molecule has 0 bridgehead atoms. The summed E-state index contributed by atoms with van der Waals surface area (Å²) in [4.78, 5) is 11.5. The first kappa shape index (κ1) is 14.8. The Morgan fingerprint density at radius 3 is 2.48 bits per heavy atom. The van der Waals surface area contributed by atoms with Crippen LogP contribution in [-0.2, 0) is 11.2 Å². The van der Waals surface area contributed by atoms with Gasteiger partial charge in [0, 0.05) is 12.5 Å². The van der Waals surface area contributed by atoms with E-state index in [4.69, 9.17) is 4.74 Å². The molecule has 0 fully saturated rings. The summed E-state index contributed by atoms with van der Waals surface area (Å²) in [6, 6.07) is 11.5. The molecular weight excluding hydrogens is 275 g/mol. The zero-order valence-corrected chi connectivity index (χ0v) is 11.4. The van der Waals surface area contributed by atoms with Gasteiger partial charge < -0.3 is 14.9 Å². The van der Waals surface area contributed by atoms with Crippen molar-refractivity contribution < 1.29 is 24.1 Å². The molecular formula is C16H15FO4. The Balaban J connectivity index is 2.23. The molecule has 0 spiro atoms. The average molecular weight is 290 g/mol. The van der Waals surface area contributed by atoms with Gasteiger partial charge >= 0.3 is 5.97 Å². The second kappa shape index (κ2) is 5.83. The van der Waals surface area contributed by atoms with Crippen molar-refractivity contribution in [3.8, 4) is 11.5 Å². The molecule has 0 aliphatic carbocycles. The summed E-state index contributed by atoms with van der Waals surface area (Å²) in [5, 5.41) is 18.7. The summed E-state index contributed by atoms with van der Waals surface area (Å²) in [6.45, 7) is 1.42. The molecule has 2 N–H and O–H groups in total. The van der Waals surface area contributed by atoms with Crippen LogP contribution in [0, 0.1) is 5.82 Å². The fourth-order valence-corrected chi connectivity index (χ4v) is 1.95. The van der Waals surface area contributed by atoms with Crippen LogP contribution in [0.5, 0.6) is 11.5 Å². The normalized spacial score (nSPS) is 13.4. The Morgan fingerprint density at radius 1 is 1.24 bits per heavy atom. The van der Waals surface area contributed by atoms with Crippen LogP contribution >= 0.6 is 0 Å². The summed E-state index contributed by atoms with van der Waals surface area (Å²) >= 11 is 0. The van der Waals surface area contributed by atoms with Crippen LogP contribution in [0.15, 0.2) is 48.5 Å². The number of ether oxygens (including phenoxy) is 1. The van der Waals surface area contributed by atoms with Crippen LogP contribution in [-0.4, -0.2) is 21.8 Å². The molecule has 1 atom stereocenters. The van der Waals surface area contributed by atoms with Gasteiger partial charge in [-0.3, -0.25) is 0 Å². The molecule has 2 aromatic carbocycles. The molecule has 21 heavy (non-hydrogen) atoms. The van der Waals surface area contributed by atoms with Gasteiger partial charge in [-0.15, -0.1) is 0 Å². The first-order valence-corrected chi connectivity index (χ1v) is 6.35. The lowest BCUT2D eigenvalue weighted by atomic mass is 9.96. The minimum absolute atomic E-state index is 0.0825. The highest BCUT2D eigenvalue weighted by Crippen LogP contribution is 2.24. The van der Waals surface area contributed by atoms with E-state index >= 15 is 0 Å². The zero-order chi connectivity index (χ0) is 15.5. The third-order valence-electron chi connectivity index (χ3n) is 3.07. The minimum atomic E-state index is -1.54. The number of carboxylic acid groups (broad SMARTS) is 1. The highest BCUT2D eigenvalue weighted by molar-refractivity contribution is 5.78. The number of phenolic OH excluding ortho intramolecular Hbond substituents is 1. The summed E-state index contributed by atoms with van der Waals surface area (Å²) in [7, 11) is 0. The van der Waals surface area contributed by atoms with Crippen LogP contribution in [0.2, 0.25) is 0 Å². The Bertz CT molecular complexity index is 639. The number of hydrogen-bond acceptors (Lipinski definition) is 3. The van der Waals surface area contributed by atoms with E-state index in [2.05, 4.69) is 0 Å². The predicted molar refractivity (Wildman–Crippen MR) is 74.9 cm³/mol. The van der Waals surface area contributed by atoms with Crippen molar-refractivity contribution in [2.45, 2.75) is 18.9 Å². The van der Waals surface area contributed by atoms with E-state index in [0.717, 1.165) is 6.07 Å². The molecule has 1 unspecified atom stereocenters. The van der Waals surface area contributed by atoms with E-state index in [1.807, 2.05) is 0 Å². The van der Waals surface area contributed by atoms with Gasteiger partial charge in [0.05, 0.1) is 0 Å². The summed E-state index contributed by atoms with van der Waals surface area (Å²) in [5.74, 6) is -1.40. The Hall–Kier alpha value is -2.56. The van der Waals surface area contributed by atoms with E-state index in [9.17, 15) is 19.4 Å². The van der Waals surface area contributed by atoms with Gasteiger partial charge in [-0.05, 0) is 36.8 Å². The van der Waals surface area contributed by atoms with Gasteiger partial charge in [-0.25, -0.2) is 9.18 Å². The van der Waals surface area contributed by atoms with Crippen molar-refractivity contribution in [1.82, 2.24) is 0 Å². The maximum absolute atomic E-state index is 13.2. The Labute approximate surface area is 121 Å². The molecule has 0 saturated heterocycles. The van der Waals surface area contributed by atoms with Gasteiger partial charge in [-0.1, -0.05) is 18.2 Å². The molecule has 2 rings (SSSR count). The lowest BCUT2D eigenvalue weighted by Gasteiger charge is -2.26. The molecule has 0 amide bonds. The quantitative estimate of drug-likeness (QED) is 0.888. The highest BCUT2D eigenvalue weighted by Gasteiger charge is 2.36. The molecule has 0 radical (unpaired) electrons. The Morgan fingerprint density at radius 2 is 1.90 bits per heavy atom. The fraction of sp³-hybridized carbons (Fsp3) is 0.188. The first-order chi connectivity index (χ1) is 9.89. The van der Waals surface area contributed by atoms with Crippen molar-refractivity contribution in [1.29, 1.82) is 0 Å². The number of aliphatic carboxylic acids is 1. The van der Waals surface area contributed by atoms with Gasteiger partial charge in [0.25, 0.3) is 0 Å². The van der Waals surface area contributed by atoms with Crippen molar-refractivity contribution in [3.05, 3.63) is 59.9 Å². The first-order valence-electron chi connectivity index (χ1n) is 6.35. The summed E-state index contributed by atoms with van der Waals surface area (Å²) in [6.07, 6.45) is 0.0825. The van der Waals surface area contributed by atoms with E-state index in [1.54, 1.807) is 12.1 Å². The lowest BCUT2D eigenvalue weighted by molar-refractivity contribution is -0.153. The molecule has 2 aromatic rings. The third kappa shape index (κ3) is 3.72. The molecule has 0 aromatic heterocycles. The Kier molecular flexibility index (Phi) is 4.12. The summed E-state index contributed by atoms with van der Waals surface area (Å²) < 4.78 is 18.6. The molecule has 0 heterocycles. The fourth-order valence-electron chi connectivity index (χ4n) is 1.95. The second-order valence-electron chi connectivity index (χ2n) is 4.94. The lowest BCUT2D eigenvalue weighted by Crippen LogP contribution is -2.43. The van der Waals surface area contributed by atoms with E-state index in [0.29, 0.717) is 5.56 Å². The second-order valence-corrected chi connectivity index (χ2v) is 4.94. The number of benzene rings is 2. The molecule has 5 heteroatoms. The monoisotopic (exact) mass is 290 g/mol. The number of rotatable bonds is 5.